The van der Waals surface area contributed by atoms with Gasteiger partial charge in [0.2, 0.25) is 0 Å². The summed E-state index contributed by atoms with van der Waals surface area (Å²) in [4.78, 5) is 24.4. The zero-order valence-electron chi connectivity index (χ0n) is 18.3. The van der Waals surface area contributed by atoms with Crippen molar-refractivity contribution in [3.8, 4) is 0 Å². The number of nitrogens with zero attached hydrogens (tertiary/aromatic N) is 1. The highest BCUT2D eigenvalue weighted by Gasteiger charge is 2.50. The van der Waals surface area contributed by atoms with E-state index in [4.69, 9.17) is 18.8 Å². The summed E-state index contributed by atoms with van der Waals surface area (Å²) >= 11 is 0. The molecule has 1 aliphatic heterocycles. The van der Waals surface area contributed by atoms with Crippen molar-refractivity contribution in [1.82, 2.24) is 4.57 Å². The molecule has 156 valence electrons. The molecule has 0 aromatic carbocycles. The standard InChI is InChI=1S/C20H32BNO6/c1-18(2,3)26-17(24)22-12-14(15(13-22)16(23)25-8)10-9-11-21-27-19(4,5)20(6,7)28-21/h12-13H,9-11H2,1-8H3. The van der Waals surface area contributed by atoms with Crippen LogP contribution in [0.3, 0.4) is 0 Å². The number of rotatable bonds is 5. The van der Waals surface area contributed by atoms with Gasteiger partial charge in [0.25, 0.3) is 0 Å². The number of ether oxygens (including phenoxy) is 2. The molecule has 2 heterocycles. The quantitative estimate of drug-likeness (QED) is 0.554. The van der Waals surface area contributed by atoms with Crippen LogP contribution in [0, 0.1) is 0 Å². The summed E-state index contributed by atoms with van der Waals surface area (Å²) in [5.41, 5.74) is -0.260. The number of esters is 1. The molecule has 1 aromatic rings. The summed E-state index contributed by atoms with van der Waals surface area (Å²) in [5, 5.41) is 0. The van der Waals surface area contributed by atoms with Crippen LogP contribution in [0.2, 0.25) is 6.32 Å². The second kappa shape index (κ2) is 7.91. The largest absolute Gasteiger partial charge is 0.465 e. The van der Waals surface area contributed by atoms with Gasteiger partial charge in [0.15, 0.2) is 0 Å². The van der Waals surface area contributed by atoms with Crippen LogP contribution in [0.1, 0.15) is 70.8 Å². The van der Waals surface area contributed by atoms with Crippen molar-refractivity contribution < 1.29 is 28.4 Å². The highest BCUT2D eigenvalue weighted by atomic mass is 16.7. The van der Waals surface area contributed by atoms with E-state index in [1.165, 1.54) is 17.9 Å². The van der Waals surface area contributed by atoms with E-state index in [0.717, 1.165) is 12.0 Å². The number of hydrogen-bond acceptors (Lipinski definition) is 6. The zero-order chi connectivity index (χ0) is 21.3. The van der Waals surface area contributed by atoms with E-state index < -0.39 is 17.7 Å². The molecule has 8 heteroatoms. The predicted molar refractivity (Wildman–Crippen MR) is 107 cm³/mol. The van der Waals surface area contributed by atoms with Gasteiger partial charge < -0.3 is 18.8 Å². The maximum absolute atomic E-state index is 12.3. The minimum absolute atomic E-state index is 0.292. The van der Waals surface area contributed by atoms with E-state index in [1.54, 1.807) is 27.0 Å². The summed E-state index contributed by atoms with van der Waals surface area (Å²) < 4.78 is 23.5. The van der Waals surface area contributed by atoms with Crippen LogP contribution in [-0.4, -0.2) is 47.7 Å². The van der Waals surface area contributed by atoms with E-state index in [9.17, 15) is 9.59 Å². The third kappa shape index (κ3) is 5.17. The number of hydrogen-bond donors (Lipinski definition) is 0. The van der Waals surface area contributed by atoms with Crippen LogP contribution in [0.5, 0.6) is 0 Å². The first-order valence-electron chi connectivity index (χ1n) is 9.64. The van der Waals surface area contributed by atoms with Gasteiger partial charge in [-0.1, -0.05) is 6.42 Å². The highest BCUT2D eigenvalue weighted by molar-refractivity contribution is 6.45. The van der Waals surface area contributed by atoms with Crippen molar-refractivity contribution in [1.29, 1.82) is 0 Å². The molecule has 0 saturated carbocycles. The summed E-state index contributed by atoms with van der Waals surface area (Å²) in [5.74, 6) is -0.479. The molecule has 28 heavy (non-hydrogen) atoms. The van der Waals surface area contributed by atoms with Crippen molar-refractivity contribution in [3.63, 3.8) is 0 Å². The number of carbonyl (C=O) groups is 2. The maximum Gasteiger partial charge on any atom is 0.457 e. The lowest BCUT2D eigenvalue weighted by Gasteiger charge is -2.32. The Morgan fingerprint density at radius 1 is 1.11 bits per heavy atom. The molecular weight excluding hydrogens is 361 g/mol. The van der Waals surface area contributed by atoms with E-state index in [0.29, 0.717) is 18.3 Å². The van der Waals surface area contributed by atoms with Crippen molar-refractivity contribution in [3.05, 3.63) is 23.5 Å². The fourth-order valence-electron chi connectivity index (χ4n) is 2.95. The Balaban J connectivity index is 2.06. The minimum atomic E-state index is -0.621. The van der Waals surface area contributed by atoms with E-state index in [2.05, 4.69) is 0 Å². The molecule has 1 aromatic heterocycles. The lowest BCUT2D eigenvalue weighted by molar-refractivity contribution is 0.00578. The van der Waals surface area contributed by atoms with E-state index in [-0.39, 0.29) is 18.3 Å². The molecule has 7 nitrogen and oxygen atoms in total. The predicted octanol–water partition coefficient (Wildman–Crippen LogP) is 4.08. The molecule has 2 rings (SSSR count). The molecule has 0 spiro atoms. The Hall–Kier alpha value is -1.80. The molecule has 1 saturated heterocycles. The second-order valence-corrected chi connectivity index (χ2v) is 9.15. The molecule has 0 radical (unpaired) electrons. The number of methoxy groups -OCH3 is 1. The van der Waals surface area contributed by atoms with Crippen LogP contribution < -0.4 is 0 Å². The lowest BCUT2D eigenvalue weighted by Crippen LogP contribution is -2.41. The van der Waals surface area contributed by atoms with Gasteiger partial charge in [0.05, 0.1) is 23.9 Å². The maximum atomic E-state index is 12.3. The first-order chi connectivity index (χ1) is 12.8. The molecule has 0 aliphatic carbocycles. The Morgan fingerprint density at radius 2 is 1.68 bits per heavy atom. The second-order valence-electron chi connectivity index (χ2n) is 9.15. The fourth-order valence-corrected chi connectivity index (χ4v) is 2.95. The van der Waals surface area contributed by atoms with Crippen molar-refractivity contribution in [2.75, 3.05) is 7.11 Å². The molecule has 1 fully saturated rings. The van der Waals surface area contributed by atoms with Crippen LogP contribution >= 0.6 is 0 Å². The summed E-state index contributed by atoms with van der Waals surface area (Å²) in [6.07, 6.45) is 4.57. The molecule has 0 amide bonds. The Labute approximate surface area is 167 Å². The normalized spacial score (nSPS) is 18.2. The Bertz CT molecular complexity index is 716. The molecule has 0 N–H and O–H groups in total. The number of aryl methyl sites for hydroxylation is 1. The van der Waals surface area contributed by atoms with Gasteiger partial charge >= 0.3 is 19.2 Å². The molecule has 0 unspecified atom stereocenters. The van der Waals surface area contributed by atoms with Gasteiger partial charge in [-0.3, -0.25) is 4.57 Å². The lowest BCUT2D eigenvalue weighted by atomic mass is 9.82. The van der Waals surface area contributed by atoms with Crippen LogP contribution in [0.15, 0.2) is 12.4 Å². The Morgan fingerprint density at radius 3 is 2.18 bits per heavy atom. The average Bonchev–Trinajstić information content (AvgIpc) is 3.04. The third-order valence-corrected chi connectivity index (χ3v) is 5.11. The van der Waals surface area contributed by atoms with Crippen LogP contribution in [-0.2, 0) is 25.2 Å². The monoisotopic (exact) mass is 393 g/mol. The first-order valence-corrected chi connectivity index (χ1v) is 9.64. The molecule has 1 aliphatic rings. The average molecular weight is 393 g/mol. The smallest absolute Gasteiger partial charge is 0.457 e. The summed E-state index contributed by atoms with van der Waals surface area (Å²) in [6.45, 7) is 13.4. The van der Waals surface area contributed by atoms with Gasteiger partial charge in [-0.25, -0.2) is 9.59 Å². The van der Waals surface area contributed by atoms with Crippen LogP contribution in [0.4, 0.5) is 4.79 Å². The SMILES string of the molecule is COC(=O)c1cn(C(=O)OC(C)(C)C)cc1CCCB1OC(C)(C)C(C)(C)O1. The first kappa shape index (κ1) is 22.5. The van der Waals surface area contributed by atoms with E-state index in [1.807, 2.05) is 27.7 Å². The van der Waals surface area contributed by atoms with Crippen molar-refractivity contribution >= 4 is 19.2 Å². The van der Waals surface area contributed by atoms with Gasteiger partial charge in [0, 0.05) is 12.4 Å². The molecular formula is C20H32BNO6. The Kier molecular flexibility index (Phi) is 6.36. The highest BCUT2D eigenvalue weighted by Crippen LogP contribution is 2.38. The van der Waals surface area contributed by atoms with E-state index >= 15 is 0 Å². The van der Waals surface area contributed by atoms with Gasteiger partial charge in [-0.15, -0.1) is 0 Å². The van der Waals surface area contributed by atoms with Crippen molar-refractivity contribution in [2.24, 2.45) is 0 Å². The number of aromatic nitrogens is 1. The van der Waals surface area contributed by atoms with Crippen molar-refractivity contribution in [2.45, 2.75) is 84.4 Å². The third-order valence-electron chi connectivity index (χ3n) is 5.11. The molecule has 0 bridgehead atoms. The van der Waals surface area contributed by atoms with Crippen LogP contribution in [0.25, 0.3) is 0 Å². The minimum Gasteiger partial charge on any atom is -0.465 e. The van der Waals surface area contributed by atoms with Gasteiger partial charge in [-0.2, -0.15) is 0 Å². The molecule has 0 atom stereocenters. The summed E-state index contributed by atoms with van der Waals surface area (Å²) in [6, 6.07) is 0. The van der Waals surface area contributed by atoms with Gasteiger partial charge in [-0.05, 0) is 66.8 Å². The summed E-state index contributed by atoms with van der Waals surface area (Å²) in [7, 11) is 1.03. The van der Waals surface area contributed by atoms with Gasteiger partial charge in [0.1, 0.15) is 5.60 Å². The fraction of sp³-hybridized carbons (Fsp3) is 0.700. The number of carbonyl (C=O) groups excluding carboxylic acids is 2. The topological polar surface area (TPSA) is 76.0 Å². The zero-order valence-corrected chi connectivity index (χ0v) is 18.3.